The van der Waals surface area contributed by atoms with Gasteiger partial charge in [-0.1, -0.05) is 30.6 Å². The summed E-state index contributed by atoms with van der Waals surface area (Å²) in [6, 6.07) is 5.18. The lowest BCUT2D eigenvalue weighted by molar-refractivity contribution is 0.0928. The Balaban J connectivity index is 1.57. The van der Waals surface area contributed by atoms with Crippen molar-refractivity contribution in [3.63, 3.8) is 0 Å². The van der Waals surface area contributed by atoms with Crippen molar-refractivity contribution >= 4 is 34.1 Å². The molecule has 3 rings (SSSR count). The standard InChI is InChI=1S/C21H28ClN5O2/c1-21(2,12-26-29)13-27-8-5-14(6-9-27)11-25-20(28)16-10-17(22)18(23)15-4-3-7-24-19(15)16/h3-4,7,10,14H,5-6,8-9,11-13,23H2,1-2H3,(H,25,28). The Morgan fingerprint density at radius 1 is 1.41 bits per heavy atom. The summed E-state index contributed by atoms with van der Waals surface area (Å²) in [5, 5.41) is 7.13. The summed E-state index contributed by atoms with van der Waals surface area (Å²) in [5.74, 6) is 0.238. The van der Waals surface area contributed by atoms with E-state index >= 15 is 0 Å². The first kappa shape index (κ1) is 21.5. The van der Waals surface area contributed by atoms with E-state index in [2.05, 4.69) is 34.2 Å². The Labute approximate surface area is 176 Å². The molecule has 0 bridgehead atoms. The molecule has 1 aliphatic heterocycles. The van der Waals surface area contributed by atoms with Crippen LogP contribution in [-0.4, -0.2) is 48.5 Å². The van der Waals surface area contributed by atoms with Gasteiger partial charge in [0, 0.05) is 30.1 Å². The lowest BCUT2D eigenvalue weighted by atomic mass is 9.90. The Morgan fingerprint density at radius 3 is 2.83 bits per heavy atom. The van der Waals surface area contributed by atoms with E-state index < -0.39 is 0 Å². The molecule has 1 saturated heterocycles. The van der Waals surface area contributed by atoms with E-state index in [9.17, 15) is 9.70 Å². The molecule has 7 nitrogen and oxygen atoms in total. The number of pyridine rings is 1. The Bertz CT molecular complexity index is 894. The van der Waals surface area contributed by atoms with Crippen molar-refractivity contribution in [2.45, 2.75) is 26.7 Å². The number of halogens is 1. The third-order valence-corrected chi connectivity index (χ3v) is 5.84. The van der Waals surface area contributed by atoms with Crippen LogP contribution < -0.4 is 11.1 Å². The zero-order valence-electron chi connectivity index (χ0n) is 16.9. The molecule has 1 aromatic heterocycles. The average Bonchev–Trinajstić information content (AvgIpc) is 2.69. The highest BCUT2D eigenvalue weighted by atomic mass is 35.5. The number of benzene rings is 1. The van der Waals surface area contributed by atoms with Crippen LogP contribution in [-0.2, 0) is 0 Å². The summed E-state index contributed by atoms with van der Waals surface area (Å²) in [4.78, 5) is 30.1. The van der Waals surface area contributed by atoms with Crippen molar-refractivity contribution in [3.8, 4) is 0 Å². The minimum Gasteiger partial charge on any atom is -0.397 e. The molecule has 0 saturated carbocycles. The summed E-state index contributed by atoms with van der Waals surface area (Å²) < 4.78 is 0. The van der Waals surface area contributed by atoms with E-state index in [-0.39, 0.29) is 11.3 Å². The van der Waals surface area contributed by atoms with E-state index in [1.54, 1.807) is 18.3 Å². The lowest BCUT2D eigenvalue weighted by Gasteiger charge is -2.36. The van der Waals surface area contributed by atoms with E-state index in [4.69, 9.17) is 17.3 Å². The maximum atomic E-state index is 12.8. The number of likely N-dealkylation sites (tertiary alicyclic amines) is 1. The van der Waals surface area contributed by atoms with Gasteiger partial charge in [-0.2, -0.15) is 4.91 Å². The van der Waals surface area contributed by atoms with Crippen LogP contribution in [0.5, 0.6) is 0 Å². The number of carbonyl (C=O) groups excluding carboxylic acids is 1. The number of hydrogen-bond acceptors (Lipinski definition) is 6. The highest BCUT2D eigenvalue weighted by Gasteiger charge is 2.26. The van der Waals surface area contributed by atoms with Crippen LogP contribution in [0.25, 0.3) is 10.9 Å². The van der Waals surface area contributed by atoms with E-state index in [0.29, 0.717) is 46.2 Å². The molecule has 2 heterocycles. The fourth-order valence-electron chi connectivity index (χ4n) is 3.92. The molecule has 1 amide bonds. The second-order valence-electron chi connectivity index (χ2n) is 8.60. The second kappa shape index (κ2) is 9.05. The number of nitrogen functional groups attached to an aromatic ring is 1. The number of carbonyl (C=O) groups is 1. The smallest absolute Gasteiger partial charge is 0.253 e. The number of amides is 1. The molecule has 1 aliphatic rings. The fourth-order valence-corrected chi connectivity index (χ4v) is 4.13. The number of aromatic nitrogens is 1. The predicted molar refractivity (Wildman–Crippen MR) is 117 cm³/mol. The van der Waals surface area contributed by atoms with Crippen LogP contribution in [0, 0.1) is 16.2 Å². The van der Waals surface area contributed by atoms with Crippen LogP contribution in [0.15, 0.2) is 29.6 Å². The Hall–Kier alpha value is -2.25. The van der Waals surface area contributed by atoms with Crippen molar-refractivity contribution in [3.05, 3.63) is 39.9 Å². The highest BCUT2D eigenvalue weighted by molar-refractivity contribution is 6.35. The number of hydrogen-bond donors (Lipinski definition) is 2. The van der Waals surface area contributed by atoms with Gasteiger partial charge in [-0.15, -0.1) is 0 Å². The molecule has 0 unspecified atom stereocenters. The van der Waals surface area contributed by atoms with E-state index in [0.717, 1.165) is 32.5 Å². The molecule has 0 spiro atoms. The van der Waals surface area contributed by atoms with Gasteiger partial charge in [0.1, 0.15) is 0 Å². The van der Waals surface area contributed by atoms with Crippen LogP contribution in [0.2, 0.25) is 5.02 Å². The number of nitroso groups, excluding NO2 is 1. The topological polar surface area (TPSA) is 101 Å². The third kappa shape index (κ3) is 5.22. The third-order valence-electron chi connectivity index (χ3n) is 5.53. The van der Waals surface area contributed by atoms with Crippen molar-refractivity contribution < 1.29 is 4.79 Å². The van der Waals surface area contributed by atoms with Crippen molar-refractivity contribution in [1.29, 1.82) is 0 Å². The van der Waals surface area contributed by atoms with Crippen LogP contribution in [0.1, 0.15) is 37.0 Å². The normalized spacial score (nSPS) is 16.1. The molecule has 3 N–H and O–H groups in total. The summed E-state index contributed by atoms with van der Waals surface area (Å²) >= 11 is 6.21. The van der Waals surface area contributed by atoms with Crippen molar-refractivity contribution in [2.75, 3.05) is 38.5 Å². The number of nitrogens with zero attached hydrogens (tertiary/aromatic N) is 3. The van der Waals surface area contributed by atoms with E-state index in [1.165, 1.54) is 0 Å². The number of fused-ring (bicyclic) bond motifs is 1. The van der Waals surface area contributed by atoms with Gasteiger partial charge in [0.25, 0.3) is 5.91 Å². The minimum atomic E-state index is -0.184. The largest absolute Gasteiger partial charge is 0.397 e. The molecule has 8 heteroatoms. The molecule has 156 valence electrons. The van der Waals surface area contributed by atoms with Gasteiger partial charge in [-0.25, -0.2) is 0 Å². The van der Waals surface area contributed by atoms with Gasteiger partial charge in [0.2, 0.25) is 0 Å². The molecular formula is C21H28ClN5O2. The lowest BCUT2D eigenvalue weighted by Crippen LogP contribution is -2.43. The van der Waals surface area contributed by atoms with Crippen LogP contribution >= 0.6 is 11.6 Å². The van der Waals surface area contributed by atoms with Crippen molar-refractivity contribution in [1.82, 2.24) is 15.2 Å². The zero-order chi connectivity index (χ0) is 21.0. The first-order valence-electron chi connectivity index (χ1n) is 9.93. The molecule has 0 atom stereocenters. The minimum absolute atomic E-state index is 0.106. The molecule has 29 heavy (non-hydrogen) atoms. The van der Waals surface area contributed by atoms with Crippen molar-refractivity contribution in [2.24, 2.45) is 16.5 Å². The van der Waals surface area contributed by atoms with E-state index in [1.807, 2.05) is 6.07 Å². The van der Waals surface area contributed by atoms with Crippen LogP contribution in [0.3, 0.4) is 0 Å². The first-order chi connectivity index (χ1) is 13.8. The fraction of sp³-hybridized carbons (Fsp3) is 0.524. The maximum Gasteiger partial charge on any atom is 0.253 e. The molecule has 1 fully saturated rings. The van der Waals surface area contributed by atoms with Gasteiger partial charge in [0.05, 0.1) is 28.3 Å². The second-order valence-corrected chi connectivity index (χ2v) is 9.01. The number of rotatable bonds is 7. The van der Waals surface area contributed by atoms with Gasteiger partial charge >= 0.3 is 0 Å². The quantitative estimate of drug-likeness (QED) is 0.528. The predicted octanol–water partition coefficient (Wildman–Crippen LogP) is 3.70. The first-order valence-corrected chi connectivity index (χ1v) is 10.3. The summed E-state index contributed by atoms with van der Waals surface area (Å²) in [7, 11) is 0. The zero-order valence-corrected chi connectivity index (χ0v) is 17.7. The van der Waals surface area contributed by atoms with Gasteiger partial charge in [0.15, 0.2) is 0 Å². The Morgan fingerprint density at radius 2 is 2.14 bits per heavy atom. The number of piperidine rings is 1. The maximum absolute atomic E-state index is 12.8. The number of nitrogens with one attached hydrogen (secondary N) is 1. The van der Waals surface area contributed by atoms with Gasteiger partial charge in [-0.3, -0.25) is 9.78 Å². The summed E-state index contributed by atoms with van der Waals surface area (Å²) in [5.41, 5.74) is 7.36. The van der Waals surface area contributed by atoms with Crippen LogP contribution in [0.4, 0.5) is 5.69 Å². The number of nitrogens with two attached hydrogens (primary N) is 1. The van der Waals surface area contributed by atoms with Gasteiger partial charge < -0.3 is 16.0 Å². The monoisotopic (exact) mass is 417 g/mol. The molecule has 0 radical (unpaired) electrons. The van der Waals surface area contributed by atoms with Gasteiger partial charge in [-0.05, 0) is 50.0 Å². The molecule has 0 aliphatic carbocycles. The number of anilines is 1. The average molecular weight is 418 g/mol. The summed E-state index contributed by atoms with van der Waals surface area (Å²) in [6.45, 7) is 7.85. The SMILES string of the molecule is CC(C)(CN=O)CN1CCC(CNC(=O)c2cc(Cl)c(N)c3cccnc23)CC1. The molecule has 2 aromatic rings. The molecular weight excluding hydrogens is 390 g/mol. The molecule has 1 aromatic carbocycles. The Kier molecular flexibility index (Phi) is 6.70. The summed E-state index contributed by atoms with van der Waals surface area (Å²) in [6.07, 6.45) is 3.66. The highest BCUT2D eigenvalue weighted by Crippen LogP contribution is 2.30.